The average Bonchev–Trinajstić information content (AvgIpc) is 2.71. The highest BCUT2D eigenvalue weighted by atomic mass is 16.5. The smallest absolute Gasteiger partial charge is 0.445 e. The maximum Gasteiger partial charge on any atom is 0.445 e. The van der Waals surface area contributed by atoms with E-state index in [9.17, 15) is 9.59 Å². The van der Waals surface area contributed by atoms with Crippen LogP contribution in [0.25, 0.3) is 5.53 Å². The van der Waals surface area contributed by atoms with Crippen molar-refractivity contribution in [1.82, 2.24) is 0 Å². The van der Waals surface area contributed by atoms with Gasteiger partial charge in [0.25, 0.3) is 5.78 Å². The van der Waals surface area contributed by atoms with Crippen molar-refractivity contribution in [2.75, 3.05) is 6.61 Å². The Labute approximate surface area is 93.7 Å². The molecule has 1 aliphatic rings. The minimum Gasteiger partial charge on any atom is -0.457 e. The minimum atomic E-state index is -0.884. The van der Waals surface area contributed by atoms with Crippen LogP contribution in [0.4, 0.5) is 0 Å². The van der Waals surface area contributed by atoms with E-state index in [2.05, 4.69) is 9.53 Å². The predicted octanol–water partition coefficient (Wildman–Crippen LogP) is 1.29. The highest BCUT2D eigenvalue weighted by molar-refractivity contribution is 6.64. The molecule has 86 valence electrons. The molecule has 0 aromatic carbocycles. The summed E-state index contributed by atoms with van der Waals surface area (Å²) < 4.78 is 4.60. The lowest BCUT2D eigenvalue weighted by Crippen LogP contribution is -2.26. The molecule has 1 saturated carbocycles. The second-order valence-corrected chi connectivity index (χ2v) is 3.54. The first-order valence-electron chi connectivity index (χ1n) is 5.32. The van der Waals surface area contributed by atoms with E-state index in [0.29, 0.717) is 0 Å². The van der Waals surface area contributed by atoms with Crippen LogP contribution in [0.3, 0.4) is 0 Å². The van der Waals surface area contributed by atoms with Crippen LogP contribution in [0.15, 0.2) is 11.6 Å². The number of carbonyl (C=O) groups excluding carboxylic acids is 2. The van der Waals surface area contributed by atoms with Gasteiger partial charge in [-0.1, -0.05) is 5.57 Å². The fourth-order valence-corrected chi connectivity index (χ4v) is 1.62. The quantitative estimate of drug-likeness (QED) is 0.179. The molecule has 0 unspecified atom stereocenters. The number of rotatable bonds is 4. The molecule has 1 rings (SSSR count). The van der Waals surface area contributed by atoms with Crippen LogP contribution in [0, 0.1) is 0 Å². The Morgan fingerprint density at radius 2 is 2.06 bits per heavy atom. The van der Waals surface area contributed by atoms with Crippen LogP contribution in [0.5, 0.6) is 0 Å². The molecule has 0 atom stereocenters. The van der Waals surface area contributed by atoms with Crippen LogP contribution >= 0.6 is 0 Å². The average molecular weight is 222 g/mol. The lowest BCUT2D eigenvalue weighted by Gasteiger charge is -1.95. The zero-order valence-corrected chi connectivity index (χ0v) is 9.23. The highest BCUT2D eigenvalue weighted by Crippen LogP contribution is 2.23. The van der Waals surface area contributed by atoms with Gasteiger partial charge < -0.3 is 10.3 Å². The molecule has 0 radical (unpaired) electrons. The molecular formula is C11H14N2O3. The van der Waals surface area contributed by atoms with Gasteiger partial charge in [0.15, 0.2) is 0 Å². The summed E-state index contributed by atoms with van der Waals surface area (Å²) in [7, 11) is 0. The molecule has 1 aliphatic carbocycles. The monoisotopic (exact) mass is 222 g/mol. The number of allylic oxidation sites excluding steroid dienone is 2. The van der Waals surface area contributed by atoms with E-state index in [0.717, 1.165) is 31.3 Å². The first-order valence-corrected chi connectivity index (χ1v) is 5.32. The fraction of sp³-hybridized carbons (Fsp3) is 0.545. The Morgan fingerprint density at radius 3 is 2.56 bits per heavy atom. The first kappa shape index (κ1) is 12.3. The molecule has 1 fully saturated rings. The van der Waals surface area contributed by atoms with Gasteiger partial charge in [-0.15, -0.1) is 0 Å². The molecule has 0 bridgehead atoms. The standard InChI is InChI=1S/C11H14N2O3/c1-2-16-11(15)10(13-12)9(14)7-8-5-3-4-6-8/h7H,2-6H2,1H3. The van der Waals surface area contributed by atoms with Crippen LogP contribution in [0.2, 0.25) is 0 Å². The zero-order valence-electron chi connectivity index (χ0n) is 9.23. The molecule has 16 heavy (non-hydrogen) atoms. The third kappa shape index (κ3) is 3.14. The SMILES string of the molecule is CCOC(=O)C(=[N+]=[N-])C(=O)C=C1CCCC1. The van der Waals surface area contributed by atoms with Gasteiger partial charge in [-0.3, -0.25) is 4.79 Å². The molecule has 0 saturated heterocycles. The number of esters is 1. The van der Waals surface area contributed by atoms with Gasteiger partial charge >= 0.3 is 11.7 Å². The molecule has 0 spiro atoms. The molecule has 0 aromatic rings. The van der Waals surface area contributed by atoms with Crippen molar-refractivity contribution in [3.05, 3.63) is 17.2 Å². The first-order chi connectivity index (χ1) is 7.69. The topological polar surface area (TPSA) is 79.8 Å². The Bertz CT molecular complexity index is 371. The van der Waals surface area contributed by atoms with E-state index in [1.807, 2.05) is 0 Å². The minimum absolute atomic E-state index is 0.141. The second kappa shape index (κ2) is 5.98. The van der Waals surface area contributed by atoms with Gasteiger partial charge in [-0.2, -0.15) is 4.79 Å². The summed E-state index contributed by atoms with van der Waals surface area (Å²) in [5, 5.41) is 0. The Kier molecular flexibility index (Phi) is 4.61. The molecule has 5 heteroatoms. The summed E-state index contributed by atoms with van der Waals surface area (Å²) in [6, 6.07) is 0. The molecular weight excluding hydrogens is 208 g/mol. The lowest BCUT2D eigenvalue weighted by atomic mass is 10.1. The third-order valence-corrected chi connectivity index (χ3v) is 2.38. The van der Waals surface area contributed by atoms with E-state index in [1.54, 1.807) is 6.92 Å². The molecule has 0 heterocycles. The van der Waals surface area contributed by atoms with Gasteiger partial charge in [0.05, 0.1) is 6.61 Å². The summed E-state index contributed by atoms with van der Waals surface area (Å²) in [5.74, 6) is -1.47. The van der Waals surface area contributed by atoms with Crippen molar-refractivity contribution in [3.63, 3.8) is 0 Å². The van der Waals surface area contributed by atoms with Gasteiger partial charge in [0.1, 0.15) is 0 Å². The molecule has 0 aliphatic heterocycles. The Balaban J connectivity index is 2.74. The summed E-state index contributed by atoms with van der Waals surface area (Å²) >= 11 is 0. The van der Waals surface area contributed by atoms with Crippen molar-refractivity contribution in [2.45, 2.75) is 32.6 Å². The van der Waals surface area contributed by atoms with Crippen LogP contribution < -0.4 is 0 Å². The van der Waals surface area contributed by atoms with E-state index in [4.69, 9.17) is 5.53 Å². The normalized spacial score (nSPS) is 14.2. The summed E-state index contributed by atoms with van der Waals surface area (Å²) in [6.45, 7) is 1.76. The highest BCUT2D eigenvalue weighted by Gasteiger charge is 2.29. The maximum absolute atomic E-state index is 11.6. The number of ketones is 1. The van der Waals surface area contributed by atoms with Crippen molar-refractivity contribution < 1.29 is 19.1 Å². The van der Waals surface area contributed by atoms with Gasteiger partial charge in [-0.05, 0) is 38.7 Å². The van der Waals surface area contributed by atoms with E-state index >= 15 is 0 Å². The number of hydrogen-bond donors (Lipinski definition) is 0. The van der Waals surface area contributed by atoms with Gasteiger partial charge in [0.2, 0.25) is 0 Å². The largest absolute Gasteiger partial charge is 0.457 e. The van der Waals surface area contributed by atoms with E-state index in [1.165, 1.54) is 6.08 Å². The molecule has 0 N–H and O–H groups in total. The number of carbonyl (C=O) groups is 2. The Hall–Kier alpha value is -1.74. The summed E-state index contributed by atoms with van der Waals surface area (Å²) in [5.41, 5.74) is 9.05. The number of hydrogen-bond acceptors (Lipinski definition) is 3. The summed E-state index contributed by atoms with van der Waals surface area (Å²) in [4.78, 5) is 25.5. The predicted molar refractivity (Wildman–Crippen MR) is 56.8 cm³/mol. The summed E-state index contributed by atoms with van der Waals surface area (Å²) in [6.07, 6.45) is 5.23. The van der Waals surface area contributed by atoms with Gasteiger partial charge in [0, 0.05) is 0 Å². The van der Waals surface area contributed by atoms with Crippen LogP contribution in [-0.2, 0) is 14.3 Å². The fourth-order valence-electron chi connectivity index (χ4n) is 1.62. The third-order valence-electron chi connectivity index (χ3n) is 2.38. The van der Waals surface area contributed by atoms with Gasteiger partial charge in [-0.25, -0.2) is 4.79 Å². The number of ether oxygens (including phenoxy) is 1. The zero-order chi connectivity index (χ0) is 12.0. The van der Waals surface area contributed by atoms with E-state index < -0.39 is 17.5 Å². The number of nitrogens with zero attached hydrogens (tertiary/aromatic N) is 2. The van der Waals surface area contributed by atoms with Crippen molar-refractivity contribution >= 4 is 17.5 Å². The molecule has 5 nitrogen and oxygen atoms in total. The Morgan fingerprint density at radius 1 is 1.44 bits per heavy atom. The van der Waals surface area contributed by atoms with E-state index in [-0.39, 0.29) is 6.61 Å². The molecule has 0 aromatic heterocycles. The lowest BCUT2D eigenvalue weighted by molar-refractivity contribution is -0.141. The maximum atomic E-state index is 11.6. The van der Waals surface area contributed by atoms with Crippen molar-refractivity contribution in [3.8, 4) is 0 Å². The van der Waals surface area contributed by atoms with Crippen molar-refractivity contribution in [2.24, 2.45) is 0 Å². The van der Waals surface area contributed by atoms with Crippen molar-refractivity contribution in [1.29, 1.82) is 0 Å². The second-order valence-electron chi connectivity index (χ2n) is 3.54. The van der Waals surface area contributed by atoms with Crippen LogP contribution in [0.1, 0.15) is 32.6 Å². The molecule has 0 amide bonds. The van der Waals surface area contributed by atoms with Crippen LogP contribution in [-0.4, -0.2) is 28.9 Å².